The quantitative estimate of drug-likeness (QED) is 0.652. The van der Waals surface area contributed by atoms with Crippen LogP contribution in [0.4, 0.5) is 11.4 Å². The van der Waals surface area contributed by atoms with Crippen molar-refractivity contribution in [2.45, 2.75) is 19.9 Å². The van der Waals surface area contributed by atoms with Crippen molar-refractivity contribution in [3.05, 3.63) is 64.6 Å². The van der Waals surface area contributed by atoms with E-state index in [1.807, 2.05) is 6.07 Å². The van der Waals surface area contributed by atoms with E-state index in [1.165, 1.54) is 12.1 Å². The zero-order valence-electron chi connectivity index (χ0n) is 12.0. The number of hydrogen-bond acceptors (Lipinski definition) is 4. The molecular formula is C15H16N2O4S. The predicted molar refractivity (Wildman–Crippen MR) is 85.4 cm³/mol. The summed E-state index contributed by atoms with van der Waals surface area (Å²) in [7, 11) is -4.48. The molecule has 0 amide bonds. The largest absolute Gasteiger partial charge is 0.360 e. The van der Waals surface area contributed by atoms with Crippen LogP contribution in [-0.4, -0.2) is 13.0 Å². The molecule has 7 heteroatoms. The molecule has 0 heterocycles. The van der Waals surface area contributed by atoms with E-state index in [4.69, 9.17) is 0 Å². The van der Waals surface area contributed by atoms with Crippen LogP contribution in [-0.2, 0) is 23.3 Å². The van der Waals surface area contributed by atoms with Gasteiger partial charge in [0.15, 0.2) is 0 Å². The lowest BCUT2D eigenvalue weighted by Crippen LogP contribution is -2.30. The highest BCUT2D eigenvalue weighted by Crippen LogP contribution is 2.32. The number of rotatable bonds is 6. The number of anilines is 1. The topological polar surface area (TPSA) is 87.0 Å². The van der Waals surface area contributed by atoms with Gasteiger partial charge in [-0.3, -0.25) is 4.55 Å². The highest BCUT2D eigenvalue weighted by Gasteiger charge is 2.23. The van der Waals surface area contributed by atoms with Gasteiger partial charge in [-0.05, 0) is 29.3 Å². The molecule has 22 heavy (non-hydrogen) atoms. The minimum Gasteiger partial charge on any atom is -0.269 e. The Bertz CT molecular complexity index is 760. The van der Waals surface area contributed by atoms with E-state index in [0.717, 1.165) is 4.31 Å². The Morgan fingerprint density at radius 3 is 2.32 bits per heavy atom. The van der Waals surface area contributed by atoms with Crippen LogP contribution in [0.1, 0.15) is 18.1 Å². The van der Waals surface area contributed by atoms with Crippen molar-refractivity contribution in [3.63, 3.8) is 0 Å². The van der Waals surface area contributed by atoms with Crippen LogP contribution < -0.4 is 4.31 Å². The smallest absolute Gasteiger partial charge is 0.269 e. The van der Waals surface area contributed by atoms with Gasteiger partial charge in [-0.15, -0.1) is 4.91 Å². The Kier molecular flexibility index (Phi) is 4.89. The highest BCUT2D eigenvalue weighted by atomic mass is 32.2. The second kappa shape index (κ2) is 6.67. The molecule has 2 rings (SSSR count). The number of hydrogen-bond donors (Lipinski definition) is 1. The van der Waals surface area contributed by atoms with Crippen LogP contribution in [0.25, 0.3) is 0 Å². The number of nitrogens with zero attached hydrogens (tertiary/aromatic N) is 2. The molecule has 0 aliphatic rings. The monoisotopic (exact) mass is 320 g/mol. The lowest BCUT2D eigenvalue weighted by Gasteiger charge is -2.23. The summed E-state index contributed by atoms with van der Waals surface area (Å²) in [5, 5.41) is 2.92. The Morgan fingerprint density at radius 2 is 1.77 bits per heavy atom. The molecule has 0 fully saturated rings. The Hall–Kier alpha value is -2.25. The lowest BCUT2D eigenvalue weighted by molar-refractivity contribution is 0.477. The minimum atomic E-state index is -4.48. The van der Waals surface area contributed by atoms with Gasteiger partial charge in [-0.2, -0.15) is 8.42 Å². The van der Waals surface area contributed by atoms with E-state index < -0.39 is 10.3 Å². The summed E-state index contributed by atoms with van der Waals surface area (Å²) in [6, 6.07) is 13.5. The SMILES string of the molecule is CCc1c(N=O)cccc1N(Cc1ccccc1)S(=O)(=O)O. The number of nitroso groups, excluding NO2 is 1. The van der Waals surface area contributed by atoms with Gasteiger partial charge in [0.1, 0.15) is 5.69 Å². The molecule has 0 unspecified atom stereocenters. The maximum absolute atomic E-state index is 11.8. The van der Waals surface area contributed by atoms with E-state index >= 15 is 0 Å². The molecule has 0 saturated carbocycles. The minimum absolute atomic E-state index is 0.0328. The van der Waals surface area contributed by atoms with Gasteiger partial charge in [0.2, 0.25) is 0 Å². The normalized spacial score (nSPS) is 11.2. The lowest BCUT2D eigenvalue weighted by atomic mass is 10.1. The zero-order valence-corrected chi connectivity index (χ0v) is 12.8. The van der Waals surface area contributed by atoms with Crippen LogP contribution >= 0.6 is 0 Å². The summed E-state index contributed by atoms with van der Waals surface area (Å²) in [4.78, 5) is 10.9. The molecule has 1 N–H and O–H groups in total. The molecule has 0 radical (unpaired) electrons. The molecule has 0 aromatic heterocycles. The molecule has 0 aliphatic heterocycles. The van der Waals surface area contributed by atoms with Crippen LogP contribution in [0.5, 0.6) is 0 Å². The Labute approximate surface area is 129 Å². The average Bonchev–Trinajstić information content (AvgIpc) is 2.51. The highest BCUT2D eigenvalue weighted by molar-refractivity contribution is 7.87. The van der Waals surface area contributed by atoms with Crippen LogP contribution in [0.2, 0.25) is 0 Å². The van der Waals surface area contributed by atoms with Crippen LogP contribution in [0.3, 0.4) is 0 Å². The van der Waals surface area contributed by atoms with Gasteiger partial charge >= 0.3 is 10.3 Å². The van der Waals surface area contributed by atoms with E-state index in [0.29, 0.717) is 17.5 Å². The summed E-state index contributed by atoms with van der Waals surface area (Å²) < 4.78 is 34.0. The predicted octanol–water partition coefficient (Wildman–Crippen LogP) is 3.46. The van der Waals surface area contributed by atoms with E-state index in [2.05, 4.69) is 5.18 Å². The first-order valence-corrected chi connectivity index (χ1v) is 8.11. The van der Waals surface area contributed by atoms with E-state index in [-0.39, 0.29) is 17.9 Å². The third kappa shape index (κ3) is 3.49. The number of benzene rings is 2. The molecule has 0 atom stereocenters. The van der Waals surface area contributed by atoms with Crippen molar-refractivity contribution in [3.8, 4) is 0 Å². The van der Waals surface area contributed by atoms with Gasteiger partial charge in [0, 0.05) is 5.56 Å². The van der Waals surface area contributed by atoms with Crippen LogP contribution in [0, 0.1) is 4.91 Å². The maximum Gasteiger partial charge on any atom is 0.360 e. The molecule has 0 saturated heterocycles. The van der Waals surface area contributed by atoms with Crippen molar-refractivity contribution < 1.29 is 13.0 Å². The van der Waals surface area contributed by atoms with E-state index in [1.54, 1.807) is 37.3 Å². The first-order chi connectivity index (χ1) is 10.5. The molecule has 0 aliphatic carbocycles. The van der Waals surface area contributed by atoms with Gasteiger partial charge in [0.05, 0.1) is 12.2 Å². The van der Waals surface area contributed by atoms with Crippen molar-refractivity contribution in [2.24, 2.45) is 5.18 Å². The summed E-state index contributed by atoms with van der Waals surface area (Å²) in [6.07, 6.45) is 0.415. The fourth-order valence-electron chi connectivity index (χ4n) is 2.28. The van der Waals surface area contributed by atoms with Crippen molar-refractivity contribution in [2.75, 3.05) is 4.31 Å². The standard InChI is InChI=1S/C15H16N2O4S/c1-2-13-14(16-18)9-6-10-15(13)17(22(19,20)21)11-12-7-4-3-5-8-12/h3-10H,2,11H2,1H3,(H,19,20,21). The van der Waals surface area contributed by atoms with Crippen molar-refractivity contribution in [1.29, 1.82) is 0 Å². The molecule has 0 spiro atoms. The van der Waals surface area contributed by atoms with Crippen LogP contribution in [0.15, 0.2) is 53.7 Å². The van der Waals surface area contributed by atoms with Gasteiger partial charge in [0.25, 0.3) is 0 Å². The molecule has 2 aromatic rings. The average molecular weight is 320 g/mol. The third-order valence-corrected chi connectivity index (χ3v) is 4.18. The fourth-order valence-corrected chi connectivity index (χ4v) is 3.02. The third-order valence-electron chi connectivity index (χ3n) is 3.29. The van der Waals surface area contributed by atoms with Gasteiger partial charge in [-0.25, -0.2) is 4.31 Å². The van der Waals surface area contributed by atoms with Gasteiger partial charge in [-0.1, -0.05) is 43.3 Å². The maximum atomic E-state index is 11.8. The molecule has 0 bridgehead atoms. The first kappa shape index (κ1) is 16.1. The second-order valence-corrected chi connectivity index (χ2v) is 6.03. The van der Waals surface area contributed by atoms with Gasteiger partial charge < -0.3 is 0 Å². The summed E-state index contributed by atoms with van der Waals surface area (Å²) >= 11 is 0. The summed E-state index contributed by atoms with van der Waals surface area (Å²) in [5.74, 6) is 0. The molecule has 6 nitrogen and oxygen atoms in total. The van der Waals surface area contributed by atoms with Crippen molar-refractivity contribution in [1.82, 2.24) is 0 Å². The second-order valence-electron chi connectivity index (χ2n) is 4.69. The Balaban J connectivity index is 2.54. The molecule has 116 valence electrons. The summed E-state index contributed by atoms with van der Waals surface area (Å²) in [5.41, 5.74) is 1.62. The first-order valence-electron chi connectivity index (χ1n) is 6.71. The fraction of sp³-hybridized carbons (Fsp3) is 0.200. The van der Waals surface area contributed by atoms with Crippen molar-refractivity contribution >= 4 is 21.7 Å². The zero-order chi connectivity index (χ0) is 16.2. The molecular weight excluding hydrogens is 304 g/mol. The molecule has 2 aromatic carbocycles. The van der Waals surface area contributed by atoms with E-state index in [9.17, 15) is 17.9 Å². The summed E-state index contributed by atoms with van der Waals surface area (Å²) in [6.45, 7) is 1.76. The Morgan fingerprint density at radius 1 is 1.09 bits per heavy atom.